The molecular formula is C17H18N2OS. The van der Waals surface area contributed by atoms with E-state index in [0.29, 0.717) is 5.56 Å². The van der Waals surface area contributed by atoms with E-state index in [2.05, 4.69) is 17.5 Å². The fraction of sp³-hybridized carbons (Fsp3) is 0.176. The molecule has 0 saturated heterocycles. The minimum atomic E-state index is -0.199. The van der Waals surface area contributed by atoms with Gasteiger partial charge in [0.05, 0.1) is 6.21 Å². The lowest BCUT2D eigenvalue weighted by Gasteiger charge is -2.01. The first-order valence-corrected chi connectivity index (χ1v) is 8.02. The van der Waals surface area contributed by atoms with E-state index in [1.165, 1.54) is 10.5 Å². The maximum absolute atomic E-state index is 11.9. The third kappa shape index (κ3) is 4.46. The Morgan fingerprint density at radius 1 is 1.14 bits per heavy atom. The molecule has 4 heteroatoms. The molecule has 0 aliphatic heterocycles. The van der Waals surface area contributed by atoms with Crippen molar-refractivity contribution in [3.05, 3.63) is 65.2 Å². The molecule has 1 N–H and O–H groups in total. The lowest BCUT2D eigenvalue weighted by Crippen LogP contribution is -2.17. The van der Waals surface area contributed by atoms with Crippen molar-refractivity contribution in [1.29, 1.82) is 0 Å². The van der Waals surface area contributed by atoms with Crippen LogP contribution in [0.5, 0.6) is 0 Å². The zero-order chi connectivity index (χ0) is 15.1. The number of carbonyl (C=O) groups is 1. The van der Waals surface area contributed by atoms with Gasteiger partial charge in [-0.1, -0.05) is 31.2 Å². The Morgan fingerprint density at radius 2 is 1.81 bits per heavy atom. The van der Waals surface area contributed by atoms with Crippen LogP contribution in [0.4, 0.5) is 0 Å². The van der Waals surface area contributed by atoms with Gasteiger partial charge in [-0.2, -0.15) is 5.10 Å². The Balaban J connectivity index is 1.94. The minimum Gasteiger partial charge on any atom is -0.267 e. The smallest absolute Gasteiger partial charge is 0.267 e. The van der Waals surface area contributed by atoms with Crippen LogP contribution in [-0.4, -0.2) is 18.4 Å². The van der Waals surface area contributed by atoms with Crippen LogP contribution in [0.15, 0.2) is 58.5 Å². The highest BCUT2D eigenvalue weighted by Gasteiger charge is 2.03. The van der Waals surface area contributed by atoms with Crippen LogP contribution in [0.2, 0.25) is 0 Å². The van der Waals surface area contributed by atoms with Crippen molar-refractivity contribution in [3.8, 4) is 0 Å². The maximum atomic E-state index is 11.9. The number of thioether (sulfide) groups is 1. The van der Waals surface area contributed by atoms with Gasteiger partial charge in [0, 0.05) is 10.5 Å². The van der Waals surface area contributed by atoms with Gasteiger partial charge in [0.25, 0.3) is 5.91 Å². The number of rotatable bonds is 5. The maximum Gasteiger partial charge on any atom is 0.271 e. The lowest BCUT2D eigenvalue weighted by molar-refractivity contribution is 0.0955. The number of hydrogen-bond acceptors (Lipinski definition) is 3. The average molecular weight is 298 g/mol. The summed E-state index contributed by atoms with van der Waals surface area (Å²) < 4.78 is 0. The summed E-state index contributed by atoms with van der Waals surface area (Å²) in [7, 11) is 0. The van der Waals surface area contributed by atoms with Crippen LogP contribution in [0, 0.1) is 0 Å². The molecule has 0 fully saturated rings. The SMILES string of the molecule is CCc1ccc(C(=O)N/N=C\c2ccc(SC)cc2)cc1. The van der Waals surface area contributed by atoms with E-state index in [0.717, 1.165) is 12.0 Å². The molecule has 1 amide bonds. The van der Waals surface area contributed by atoms with E-state index < -0.39 is 0 Å². The number of nitrogens with zero attached hydrogens (tertiary/aromatic N) is 1. The molecule has 2 rings (SSSR count). The Morgan fingerprint density at radius 3 is 2.38 bits per heavy atom. The van der Waals surface area contributed by atoms with Gasteiger partial charge in [-0.3, -0.25) is 4.79 Å². The second-order valence-corrected chi connectivity index (χ2v) is 5.40. The molecule has 21 heavy (non-hydrogen) atoms. The van der Waals surface area contributed by atoms with Crippen LogP contribution in [0.25, 0.3) is 0 Å². The molecular weight excluding hydrogens is 280 g/mol. The Kier molecular flexibility index (Phi) is 5.58. The van der Waals surface area contributed by atoms with Crippen molar-refractivity contribution in [2.75, 3.05) is 6.26 Å². The lowest BCUT2D eigenvalue weighted by atomic mass is 10.1. The number of benzene rings is 2. The molecule has 0 aliphatic carbocycles. The number of aryl methyl sites for hydroxylation is 1. The van der Waals surface area contributed by atoms with E-state index in [1.807, 2.05) is 54.8 Å². The summed E-state index contributed by atoms with van der Waals surface area (Å²) in [5.41, 5.74) is 5.32. The van der Waals surface area contributed by atoms with Gasteiger partial charge in [-0.15, -0.1) is 11.8 Å². The zero-order valence-corrected chi connectivity index (χ0v) is 13.0. The highest BCUT2D eigenvalue weighted by atomic mass is 32.2. The zero-order valence-electron chi connectivity index (χ0n) is 12.2. The van der Waals surface area contributed by atoms with Gasteiger partial charge < -0.3 is 0 Å². The van der Waals surface area contributed by atoms with Crippen molar-refractivity contribution in [2.45, 2.75) is 18.2 Å². The summed E-state index contributed by atoms with van der Waals surface area (Å²) in [6.45, 7) is 2.09. The van der Waals surface area contributed by atoms with Crippen molar-refractivity contribution >= 4 is 23.9 Å². The molecule has 0 aromatic heterocycles. The van der Waals surface area contributed by atoms with Crippen molar-refractivity contribution < 1.29 is 4.79 Å². The van der Waals surface area contributed by atoms with Crippen molar-refractivity contribution in [2.24, 2.45) is 5.10 Å². The number of hydrogen-bond donors (Lipinski definition) is 1. The molecule has 0 aliphatic rings. The molecule has 0 spiro atoms. The average Bonchev–Trinajstić information content (AvgIpc) is 2.55. The Bertz CT molecular complexity index is 618. The molecule has 0 heterocycles. The number of carbonyl (C=O) groups excluding carboxylic acids is 1. The number of nitrogens with one attached hydrogen (secondary N) is 1. The monoisotopic (exact) mass is 298 g/mol. The summed E-state index contributed by atoms with van der Waals surface area (Å²) in [5.74, 6) is -0.199. The molecule has 0 atom stereocenters. The van der Waals surface area contributed by atoms with Gasteiger partial charge in [0.1, 0.15) is 0 Å². The second-order valence-electron chi connectivity index (χ2n) is 4.52. The molecule has 3 nitrogen and oxygen atoms in total. The van der Waals surface area contributed by atoms with Crippen LogP contribution < -0.4 is 5.43 Å². The molecule has 0 bridgehead atoms. The van der Waals surface area contributed by atoms with E-state index in [1.54, 1.807) is 18.0 Å². The fourth-order valence-electron chi connectivity index (χ4n) is 1.81. The highest BCUT2D eigenvalue weighted by Crippen LogP contribution is 2.13. The normalized spacial score (nSPS) is 10.8. The van der Waals surface area contributed by atoms with Gasteiger partial charge >= 0.3 is 0 Å². The summed E-state index contributed by atoms with van der Waals surface area (Å²) in [6, 6.07) is 15.5. The van der Waals surface area contributed by atoms with Crippen molar-refractivity contribution in [3.63, 3.8) is 0 Å². The third-order valence-electron chi connectivity index (χ3n) is 3.12. The Labute approximate surface area is 129 Å². The van der Waals surface area contributed by atoms with Crippen LogP contribution in [0.3, 0.4) is 0 Å². The van der Waals surface area contributed by atoms with E-state index in [9.17, 15) is 4.79 Å². The highest BCUT2D eigenvalue weighted by molar-refractivity contribution is 7.98. The van der Waals surface area contributed by atoms with Crippen LogP contribution in [0.1, 0.15) is 28.4 Å². The predicted octanol–water partition coefficient (Wildman–Crippen LogP) is 3.73. The second kappa shape index (κ2) is 7.64. The van der Waals surface area contributed by atoms with E-state index in [4.69, 9.17) is 0 Å². The summed E-state index contributed by atoms with van der Waals surface area (Å²) in [6.07, 6.45) is 4.64. The largest absolute Gasteiger partial charge is 0.271 e. The first-order valence-electron chi connectivity index (χ1n) is 6.79. The quantitative estimate of drug-likeness (QED) is 0.519. The summed E-state index contributed by atoms with van der Waals surface area (Å²) in [4.78, 5) is 13.1. The van der Waals surface area contributed by atoms with Gasteiger partial charge in [0.15, 0.2) is 0 Å². The molecule has 2 aromatic carbocycles. The summed E-state index contributed by atoms with van der Waals surface area (Å²) >= 11 is 1.69. The van der Waals surface area contributed by atoms with Crippen molar-refractivity contribution in [1.82, 2.24) is 5.43 Å². The number of hydrazone groups is 1. The molecule has 0 radical (unpaired) electrons. The molecule has 2 aromatic rings. The van der Waals surface area contributed by atoms with Gasteiger partial charge in [-0.05, 0) is 48.1 Å². The Hall–Kier alpha value is -2.07. The van der Waals surface area contributed by atoms with Crippen LogP contribution in [-0.2, 0) is 6.42 Å². The first-order chi connectivity index (χ1) is 10.2. The summed E-state index contributed by atoms with van der Waals surface area (Å²) in [5, 5.41) is 3.98. The standard InChI is InChI=1S/C17H18N2OS/c1-3-13-4-8-15(9-5-13)17(20)19-18-12-14-6-10-16(21-2)11-7-14/h4-12H,3H2,1-2H3,(H,19,20)/b18-12-. The van der Waals surface area contributed by atoms with Gasteiger partial charge in [0.2, 0.25) is 0 Å². The van der Waals surface area contributed by atoms with Gasteiger partial charge in [-0.25, -0.2) is 5.43 Å². The fourth-order valence-corrected chi connectivity index (χ4v) is 2.22. The minimum absolute atomic E-state index is 0.199. The third-order valence-corrected chi connectivity index (χ3v) is 3.86. The molecule has 0 saturated carbocycles. The number of amides is 1. The topological polar surface area (TPSA) is 41.5 Å². The first kappa shape index (κ1) is 15.3. The van der Waals surface area contributed by atoms with E-state index in [-0.39, 0.29) is 5.91 Å². The van der Waals surface area contributed by atoms with E-state index >= 15 is 0 Å². The predicted molar refractivity (Wildman–Crippen MR) is 89.1 cm³/mol. The molecule has 0 unspecified atom stereocenters. The molecule has 108 valence electrons. The van der Waals surface area contributed by atoms with Crippen LogP contribution >= 0.6 is 11.8 Å².